The third kappa shape index (κ3) is 2.85. The number of nitrogens with zero attached hydrogens (tertiary/aromatic N) is 1. The Morgan fingerprint density at radius 1 is 1.24 bits per heavy atom. The summed E-state index contributed by atoms with van der Waals surface area (Å²) in [5, 5.41) is 0.108. The molecule has 2 rings (SSSR count). The highest BCUT2D eigenvalue weighted by molar-refractivity contribution is 9.10. The molecule has 0 spiro atoms. The molecule has 0 aliphatic heterocycles. The topological polar surface area (TPSA) is 54.9 Å². The summed E-state index contributed by atoms with van der Waals surface area (Å²) in [5.41, 5.74) is 1.92. The van der Waals surface area contributed by atoms with Crippen LogP contribution in [0.3, 0.4) is 0 Å². The zero-order chi connectivity index (χ0) is 15.9. The molecule has 0 unspecified atom stereocenters. The maximum absolute atomic E-state index is 12.7. The van der Waals surface area contributed by atoms with Crippen molar-refractivity contribution in [2.75, 3.05) is 0 Å². The average molecular weight is 372 g/mol. The molecule has 0 saturated heterocycles. The van der Waals surface area contributed by atoms with Crippen LogP contribution in [-0.4, -0.2) is 9.55 Å². The van der Waals surface area contributed by atoms with Gasteiger partial charge in [-0.2, -0.15) is 0 Å². The quantitative estimate of drug-likeness (QED) is 0.819. The van der Waals surface area contributed by atoms with Gasteiger partial charge in [0, 0.05) is 4.47 Å². The molecule has 0 aliphatic rings. The number of aryl methyl sites for hydroxylation is 2. The van der Waals surface area contributed by atoms with Gasteiger partial charge in [0.15, 0.2) is 0 Å². The van der Waals surface area contributed by atoms with Crippen LogP contribution in [0.2, 0.25) is 5.15 Å². The van der Waals surface area contributed by atoms with Gasteiger partial charge in [-0.05, 0) is 52.9 Å². The molecule has 0 radical (unpaired) electrons. The Bertz CT molecular complexity index is 798. The Balaban J connectivity index is 2.93. The molecule has 6 heteroatoms. The smallest absolute Gasteiger partial charge is 0.297 e. The second-order valence-corrected chi connectivity index (χ2v) is 6.60. The van der Waals surface area contributed by atoms with E-state index >= 15 is 0 Å². The highest BCUT2D eigenvalue weighted by Gasteiger charge is 2.19. The Morgan fingerprint density at radius 3 is 2.38 bits per heavy atom. The summed E-state index contributed by atoms with van der Waals surface area (Å²) in [4.78, 5) is 27.5. The van der Waals surface area contributed by atoms with Crippen LogP contribution < -0.4 is 11.2 Å². The molecule has 1 heterocycles. The fraction of sp³-hybridized carbons (Fsp3) is 0.333. The van der Waals surface area contributed by atoms with Gasteiger partial charge in [0.25, 0.3) is 5.56 Å². The van der Waals surface area contributed by atoms with Gasteiger partial charge in [-0.15, -0.1) is 0 Å². The zero-order valence-electron chi connectivity index (χ0n) is 12.3. The van der Waals surface area contributed by atoms with E-state index in [9.17, 15) is 9.59 Å². The summed E-state index contributed by atoms with van der Waals surface area (Å²) >= 11 is 9.45. The van der Waals surface area contributed by atoms with Gasteiger partial charge in [-0.3, -0.25) is 9.78 Å². The van der Waals surface area contributed by atoms with Gasteiger partial charge in [-0.25, -0.2) is 9.36 Å². The van der Waals surface area contributed by atoms with Gasteiger partial charge >= 0.3 is 5.69 Å². The summed E-state index contributed by atoms with van der Waals surface area (Å²) in [6.07, 6.45) is 0. The maximum atomic E-state index is 12.7. The van der Waals surface area contributed by atoms with Gasteiger partial charge < -0.3 is 0 Å². The second kappa shape index (κ2) is 5.81. The van der Waals surface area contributed by atoms with E-state index in [1.807, 2.05) is 39.8 Å². The summed E-state index contributed by atoms with van der Waals surface area (Å²) in [6.45, 7) is 7.54. The highest BCUT2D eigenvalue weighted by atomic mass is 79.9. The van der Waals surface area contributed by atoms with E-state index in [1.165, 1.54) is 0 Å². The van der Waals surface area contributed by atoms with E-state index in [-0.39, 0.29) is 16.6 Å². The van der Waals surface area contributed by atoms with Gasteiger partial charge in [0.2, 0.25) is 0 Å². The molecule has 21 heavy (non-hydrogen) atoms. The average Bonchev–Trinajstić information content (AvgIpc) is 2.30. The van der Waals surface area contributed by atoms with Crippen LogP contribution in [0.5, 0.6) is 0 Å². The van der Waals surface area contributed by atoms with Crippen molar-refractivity contribution in [2.24, 2.45) is 0 Å². The molecule has 0 amide bonds. The van der Waals surface area contributed by atoms with E-state index in [0.29, 0.717) is 15.7 Å². The number of aromatic amines is 1. The molecule has 1 aromatic carbocycles. The summed E-state index contributed by atoms with van der Waals surface area (Å²) in [5.74, 6) is -0.0855. The van der Waals surface area contributed by atoms with E-state index in [2.05, 4.69) is 20.9 Å². The zero-order valence-corrected chi connectivity index (χ0v) is 14.6. The molecule has 1 N–H and O–H groups in total. The number of benzene rings is 1. The largest absolute Gasteiger partial charge is 0.334 e. The first-order valence-corrected chi connectivity index (χ1v) is 7.73. The van der Waals surface area contributed by atoms with Crippen LogP contribution in [0.4, 0.5) is 0 Å². The third-order valence-electron chi connectivity index (χ3n) is 3.29. The van der Waals surface area contributed by atoms with Crippen LogP contribution in [-0.2, 0) is 0 Å². The molecule has 0 atom stereocenters. The van der Waals surface area contributed by atoms with Crippen molar-refractivity contribution in [3.05, 3.63) is 59.3 Å². The number of H-pyrrole nitrogens is 1. The number of halogens is 2. The number of hydrogen-bond acceptors (Lipinski definition) is 2. The highest BCUT2D eigenvalue weighted by Crippen LogP contribution is 2.25. The Labute approximate surface area is 135 Å². The standard InChI is InChI=1S/C15H16BrClN2O2/c1-7(2)11-13(17)18-15(21)19(14(11)20)12-9(4)5-8(3)6-10(12)16/h5-7H,1-4H3,(H,18,21). The van der Waals surface area contributed by atoms with Crippen LogP contribution in [0.1, 0.15) is 36.5 Å². The summed E-state index contributed by atoms with van der Waals surface area (Å²) in [7, 11) is 0. The number of nitrogens with one attached hydrogen (secondary N) is 1. The van der Waals surface area contributed by atoms with Crippen molar-refractivity contribution >= 4 is 27.5 Å². The van der Waals surface area contributed by atoms with Crippen molar-refractivity contribution in [2.45, 2.75) is 33.6 Å². The minimum Gasteiger partial charge on any atom is -0.297 e. The van der Waals surface area contributed by atoms with Gasteiger partial charge in [0.05, 0.1) is 11.3 Å². The monoisotopic (exact) mass is 370 g/mol. The Morgan fingerprint density at radius 2 is 1.86 bits per heavy atom. The SMILES string of the molecule is Cc1cc(C)c(-n2c(=O)[nH]c(Cl)c(C(C)C)c2=O)c(Br)c1. The van der Waals surface area contributed by atoms with Crippen molar-refractivity contribution in [1.82, 2.24) is 9.55 Å². The molecule has 1 aromatic heterocycles. The molecule has 0 aliphatic carbocycles. The van der Waals surface area contributed by atoms with Crippen molar-refractivity contribution in [1.29, 1.82) is 0 Å². The minimum absolute atomic E-state index is 0.0855. The minimum atomic E-state index is -0.540. The van der Waals surface area contributed by atoms with Crippen LogP contribution in [0.25, 0.3) is 5.69 Å². The van der Waals surface area contributed by atoms with E-state index in [4.69, 9.17) is 11.6 Å². The predicted molar refractivity (Wildman–Crippen MR) is 88.9 cm³/mol. The molecule has 0 fully saturated rings. The number of aromatic nitrogens is 2. The molecule has 2 aromatic rings. The van der Waals surface area contributed by atoms with Crippen LogP contribution >= 0.6 is 27.5 Å². The van der Waals surface area contributed by atoms with E-state index in [1.54, 1.807) is 0 Å². The fourth-order valence-corrected chi connectivity index (χ4v) is 3.65. The first-order valence-electron chi connectivity index (χ1n) is 6.56. The van der Waals surface area contributed by atoms with Crippen molar-refractivity contribution < 1.29 is 0 Å². The van der Waals surface area contributed by atoms with Crippen molar-refractivity contribution in [3.8, 4) is 5.69 Å². The Hall–Kier alpha value is -1.33. The molecule has 0 bridgehead atoms. The molecule has 4 nitrogen and oxygen atoms in total. The van der Waals surface area contributed by atoms with Gasteiger partial charge in [0.1, 0.15) is 5.15 Å². The van der Waals surface area contributed by atoms with E-state index < -0.39 is 5.69 Å². The van der Waals surface area contributed by atoms with Crippen molar-refractivity contribution in [3.63, 3.8) is 0 Å². The normalized spacial score (nSPS) is 11.2. The van der Waals surface area contributed by atoms with Crippen LogP contribution in [0, 0.1) is 13.8 Å². The number of rotatable bonds is 2. The van der Waals surface area contributed by atoms with Gasteiger partial charge in [-0.1, -0.05) is 31.5 Å². The maximum Gasteiger partial charge on any atom is 0.334 e. The summed E-state index contributed by atoms with van der Waals surface area (Å²) in [6, 6.07) is 3.80. The molecule has 112 valence electrons. The third-order valence-corrected chi connectivity index (χ3v) is 4.19. The molecular weight excluding hydrogens is 356 g/mol. The second-order valence-electron chi connectivity index (χ2n) is 5.37. The predicted octanol–water partition coefficient (Wildman–Crippen LogP) is 3.68. The fourth-order valence-electron chi connectivity index (χ4n) is 2.42. The number of hydrogen-bond donors (Lipinski definition) is 1. The molecule has 0 saturated carbocycles. The Kier molecular flexibility index (Phi) is 4.44. The first-order chi connectivity index (χ1) is 9.73. The summed E-state index contributed by atoms with van der Waals surface area (Å²) < 4.78 is 1.84. The lowest BCUT2D eigenvalue weighted by atomic mass is 10.1. The first kappa shape index (κ1) is 16.0. The lowest BCUT2D eigenvalue weighted by Gasteiger charge is -2.15. The molecular formula is C15H16BrClN2O2. The van der Waals surface area contributed by atoms with E-state index in [0.717, 1.165) is 15.7 Å². The lowest BCUT2D eigenvalue weighted by molar-refractivity contribution is 0.773. The lowest BCUT2D eigenvalue weighted by Crippen LogP contribution is -2.37. The van der Waals surface area contributed by atoms with Crippen LogP contribution in [0.15, 0.2) is 26.2 Å².